The lowest BCUT2D eigenvalue weighted by Crippen LogP contribution is -2.44. The number of rotatable bonds is 10. The zero-order chi connectivity index (χ0) is 22.4. The highest BCUT2D eigenvalue weighted by Gasteiger charge is 2.47. The third-order valence-electron chi connectivity index (χ3n) is 8.42. The summed E-state index contributed by atoms with van der Waals surface area (Å²) < 4.78 is 2.17. The van der Waals surface area contributed by atoms with Gasteiger partial charge in [-0.1, -0.05) is 64.2 Å². The highest BCUT2D eigenvalue weighted by atomic mass is 16.2. The van der Waals surface area contributed by atoms with Gasteiger partial charge in [0.1, 0.15) is 5.54 Å². The van der Waals surface area contributed by atoms with Crippen molar-refractivity contribution in [2.75, 3.05) is 7.05 Å². The Hall–Kier alpha value is -1.85. The van der Waals surface area contributed by atoms with Crippen molar-refractivity contribution in [1.29, 1.82) is 0 Å². The Morgan fingerprint density at radius 1 is 1.03 bits per heavy atom. The van der Waals surface area contributed by atoms with Gasteiger partial charge in [0.2, 0.25) is 0 Å². The van der Waals surface area contributed by atoms with Crippen LogP contribution in [0.2, 0.25) is 0 Å². The number of aryl methyl sites for hydroxylation is 1. The van der Waals surface area contributed by atoms with Crippen molar-refractivity contribution in [3.05, 3.63) is 18.7 Å². The van der Waals surface area contributed by atoms with Crippen LogP contribution >= 0.6 is 0 Å². The molecule has 0 radical (unpaired) electrons. The molecule has 32 heavy (non-hydrogen) atoms. The van der Waals surface area contributed by atoms with Crippen molar-refractivity contribution >= 4 is 11.9 Å². The predicted molar refractivity (Wildman–Crippen MR) is 129 cm³/mol. The first-order valence-corrected chi connectivity index (χ1v) is 13.1. The Labute approximate surface area is 194 Å². The Bertz CT molecular complexity index is 754. The molecule has 0 aromatic carbocycles. The second-order valence-corrected chi connectivity index (χ2v) is 10.8. The summed E-state index contributed by atoms with van der Waals surface area (Å²) in [4.78, 5) is 23.9. The number of guanidine groups is 1. The van der Waals surface area contributed by atoms with Crippen LogP contribution in [-0.2, 0) is 11.3 Å². The van der Waals surface area contributed by atoms with E-state index in [2.05, 4.69) is 9.55 Å². The van der Waals surface area contributed by atoms with Crippen LogP contribution in [0.1, 0.15) is 96.3 Å². The average Bonchev–Trinajstić information content (AvgIpc) is 3.40. The van der Waals surface area contributed by atoms with Crippen LogP contribution in [0.3, 0.4) is 0 Å². The first-order valence-electron chi connectivity index (χ1n) is 13.1. The van der Waals surface area contributed by atoms with E-state index in [1.165, 1.54) is 77.0 Å². The molecule has 4 rings (SSSR count). The predicted octanol–water partition coefficient (Wildman–Crippen LogP) is 5.14. The maximum absolute atomic E-state index is 13.3. The van der Waals surface area contributed by atoms with E-state index in [1.54, 1.807) is 11.9 Å². The summed E-state index contributed by atoms with van der Waals surface area (Å²) in [6.07, 6.45) is 24.4. The van der Waals surface area contributed by atoms with Gasteiger partial charge >= 0.3 is 0 Å². The maximum Gasteiger partial charge on any atom is 0.257 e. The highest BCUT2D eigenvalue weighted by Crippen LogP contribution is 2.42. The van der Waals surface area contributed by atoms with E-state index in [1.807, 2.05) is 18.7 Å². The Morgan fingerprint density at radius 2 is 1.81 bits per heavy atom. The molecule has 1 aromatic heterocycles. The second kappa shape index (κ2) is 10.8. The van der Waals surface area contributed by atoms with Crippen molar-refractivity contribution in [3.63, 3.8) is 0 Å². The minimum atomic E-state index is -0.593. The van der Waals surface area contributed by atoms with Crippen molar-refractivity contribution < 1.29 is 4.79 Å². The summed E-state index contributed by atoms with van der Waals surface area (Å²) in [5.41, 5.74) is 5.56. The number of imidazole rings is 1. The van der Waals surface area contributed by atoms with E-state index in [9.17, 15) is 4.79 Å². The lowest BCUT2D eigenvalue weighted by molar-refractivity contribution is -0.131. The third-order valence-corrected chi connectivity index (χ3v) is 8.42. The second-order valence-electron chi connectivity index (χ2n) is 10.8. The number of carbonyl (C=O) groups excluding carboxylic acids is 1. The quantitative estimate of drug-likeness (QED) is 0.511. The molecule has 2 aliphatic carbocycles. The number of hydrogen-bond donors (Lipinski definition) is 1. The van der Waals surface area contributed by atoms with Gasteiger partial charge in [-0.25, -0.2) is 9.98 Å². The number of aromatic nitrogens is 2. The maximum atomic E-state index is 13.3. The zero-order valence-electron chi connectivity index (χ0n) is 20.1. The van der Waals surface area contributed by atoms with E-state index in [4.69, 9.17) is 10.7 Å². The highest BCUT2D eigenvalue weighted by molar-refractivity contribution is 6.06. The zero-order valence-corrected chi connectivity index (χ0v) is 20.1. The minimum absolute atomic E-state index is 0.147. The number of amides is 1. The van der Waals surface area contributed by atoms with Crippen LogP contribution in [0, 0.1) is 17.8 Å². The summed E-state index contributed by atoms with van der Waals surface area (Å²) in [5.74, 6) is 2.73. The van der Waals surface area contributed by atoms with Gasteiger partial charge in [-0.3, -0.25) is 9.69 Å². The van der Waals surface area contributed by atoms with Crippen molar-refractivity contribution in [1.82, 2.24) is 14.5 Å². The third kappa shape index (κ3) is 5.74. The van der Waals surface area contributed by atoms with Gasteiger partial charge in [-0.15, -0.1) is 0 Å². The summed E-state index contributed by atoms with van der Waals surface area (Å²) >= 11 is 0. The van der Waals surface area contributed by atoms with Crippen LogP contribution in [0.15, 0.2) is 23.7 Å². The van der Waals surface area contributed by atoms with Gasteiger partial charge in [0.15, 0.2) is 5.96 Å². The van der Waals surface area contributed by atoms with Gasteiger partial charge in [0.05, 0.1) is 6.33 Å². The van der Waals surface area contributed by atoms with Crippen molar-refractivity contribution in [2.45, 2.75) is 108 Å². The monoisotopic (exact) mass is 441 g/mol. The summed E-state index contributed by atoms with van der Waals surface area (Å²) in [5, 5.41) is 0. The first kappa shape index (κ1) is 23.3. The number of hydrogen-bond acceptors (Lipinski definition) is 4. The molecule has 178 valence electrons. The lowest BCUT2D eigenvalue weighted by atomic mass is 9.72. The first-order chi connectivity index (χ1) is 15.6. The van der Waals surface area contributed by atoms with Gasteiger partial charge in [0.25, 0.3) is 5.91 Å². The standard InChI is InChI=1S/C26H43N5O/c1-30-24(32)26(29-25(30)27,14-13-21-8-3-2-4-9-21)19-23-12-7-11-22(18-23)10-5-6-16-31-17-15-28-20-31/h15,17,20-23H,2-14,16,18-19H2,1H3,(H2,27,29)/t22-,23-,26-/m1/s1. The largest absolute Gasteiger partial charge is 0.369 e. The number of likely N-dealkylation sites (N-methyl/N-ethyl adjacent to an activating group) is 1. The SMILES string of the molecule is CN1C(=O)[C@@](CCC2CCCCC2)(C[C@@H]2CCC[C@@H](CCCCn3ccnc3)C2)N=C1N. The fourth-order valence-corrected chi connectivity index (χ4v) is 6.55. The fourth-order valence-electron chi connectivity index (χ4n) is 6.55. The van der Waals surface area contributed by atoms with E-state index < -0.39 is 5.54 Å². The van der Waals surface area contributed by atoms with Gasteiger partial charge < -0.3 is 10.3 Å². The normalized spacial score (nSPS) is 29.5. The lowest BCUT2D eigenvalue weighted by Gasteiger charge is -2.35. The summed E-state index contributed by atoms with van der Waals surface area (Å²) in [7, 11) is 1.80. The van der Waals surface area contributed by atoms with Crippen LogP contribution in [0.25, 0.3) is 0 Å². The molecular formula is C26H43N5O. The van der Waals surface area contributed by atoms with Crippen molar-refractivity contribution in [2.24, 2.45) is 28.5 Å². The molecule has 0 unspecified atom stereocenters. The van der Waals surface area contributed by atoms with Crippen LogP contribution in [0.5, 0.6) is 0 Å². The molecule has 2 saturated carbocycles. The molecule has 1 aliphatic heterocycles. The van der Waals surface area contributed by atoms with Crippen LogP contribution < -0.4 is 5.73 Å². The Kier molecular flexibility index (Phi) is 7.90. The van der Waals surface area contributed by atoms with Crippen LogP contribution in [0.4, 0.5) is 0 Å². The fraction of sp³-hybridized carbons (Fsp3) is 0.808. The summed E-state index contributed by atoms with van der Waals surface area (Å²) in [6, 6.07) is 0. The number of carbonyl (C=O) groups is 1. The molecule has 0 saturated heterocycles. The Morgan fingerprint density at radius 3 is 2.53 bits per heavy atom. The molecule has 6 nitrogen and oxygen atoms in total. The Balaban J connectivity index is 1.31. The minimum Gasteiger partial charge on any atom is -0.369 e. The average molecular weight is 442 g/mol. The summed E-state index contributed by atoms with van der Waals surface area (Å²) in [6.45, 7) is 1.06. The van der Waals surface area contributed by atoms with Gasteiger partial charge in [-0.05, 0) is 49.9 Å². The smallest absolute Gasteiger partial charge is 0.257 e. The topological polar surface area (TPSA) is 76.5 Å². The van der Waals surface area contributed by atoms with Gasteiger partial charge in [0, 0.05) is 26.0 Å². The molecule has 1 aromatic rings. The van der Waals surface area contributed by atoms with E-state index in [0.29, 0.717) is 11.9 Å². The molecule has 0 bridgehead atoms. The number of unbranched alkanes of at least 4 members (excludes halogenated alkanes) is 1. The number of nitrogens with two attached hydrogens (primary N) is 1. The van der Waals surface area contributed by atoms with E-state index in [-0.39, 0.29) is 5.91 Å². The molecule has 6 heteroatoms. The van der Waals surface area contributed by atoms with Crippen molar-refractivity contribution in [3.8, 4) is 0 Å². The molecule has 3 atom stereocenters. The molecule has 0 spiro atoms. The molecule has 2 fully saturated rings. The van der Waals surface area contributed by atoms with Crippen LogP contribution in [-0.4, -0.2) is 38.9 Å². The van der Waals surface area contributed by atoms with E-state index in [0.717, 1.165) is 37.6 Å². The number of aliphatic imine (C=N–C) groups is 1. The molecule has 2 heterocycles. The number of nitrogens with zero attached hydrogens (tertiary/aromatic N) is 4. The molecular weight excluding hydrogens is 398 g/mol. The molecule has 1 amide bonds. The van der Waals surface area contributed by atoms with Gasteiger partial charge in [-0.2, -0.15) is 0 Å². The molecule has 3 aliphatic rings. The van der Waals surface area contributed by atoms with E-state index >= 15 is 0 Å². The molecule has 2 N–H and O–H groups in total.